The Hall–Kier alpha value is -2.62. The van der Waals surface area contributed by atoms with Crippen LogP contribution in [0.1, 0.15) is 22.6 Å². The highest BCUT2D eigenvalue weighted by Gasteiger charge is 2.22. The zero-order valence-corrected chi connectivity index (χ0v) is 14.5. The first-order valence-corrected chi connectivity index (χ1v) is 7.85. The van der Waals surface area contributed by atoms with Gasteiger partial charge < -0.3 is 18.9 Å². The smallest absolute Gasteiger partial charge is 0.161 e. The topological polar surface area (TPSA) is 36.9 Å². The fraction of sp³-hybridized carbons (Fsp3) is 0.300. The van der Waals surface area contributed by atoms with E-state index in [9.17, 15) is 0 Å². The van der Waals surface area contributed by atoms with E-state index in [0.717, 1.165) is 35.0 Å². The molecule has 0 spiro atoms. The predicted octanol–water partition coefficient (Wildman–Crippen LogP) is 3.97. The average molecular weight is 326 g/mol. The normalized spacial score (nSPS) is 15.6. The number of hydrogen-bond acceptors (Lipinski definition) is 4. The van der Waals surface area contributed by atoms with Crippen LogP contribution in [0.15, 0.2) is 42.5 Å². The lowest BCUT2D eigenvalue weighted by molar-refractivity contribution is 0.353. The van der Waals surface area contributed by atoms with Gasteiger partial charge in [-0.3, -0.25) is 0 Å². The molecule has 0 saturated heterocycles. The Balaban J connectivity index is 2.08. The summed E-state index contributed by atoms with van der Waals surface area (Å²) in [6.45, 7) is 0. The molecule has 126 valence electrons. The molecule has 0 radical (unpaired) electrons. The van der Waals surface area contributed by atoms with Gasteiger partial charge in [-0.25, -0.2) is 0 Å². The van der Waals surface area contributed by atoms with Crippen molar-refractivity contribution < 1.29 is 18.9 Å². The molecular formula is C20H22O4. The second-order valence-corrected chi connectivity index (χ2v) is 5.63. The summed E-state index contributed by atoms with van der Waals surface area (Å²) in [4.78, 5) is 0. The van der Waals surface area contributed by atoms with E-state index in [4.69, 9.17) is 18.9 Å². The van der Waals surface area contributed by atoms with Gasteiger partial charge in [-0.15, -0.1) is 0 Å². The van der Waals surface area contributed by atoms with Gasteiger partial charge in [0.05, 0.1) is 28.4 Å². The first-order valence-electron chi connectivity index (χ1n) is 7.85. The minimum Gasteiger partial charge on any atom is -0.493 e. The number of ether oxygens (including phenoxy) is 4. The summed E-state index contributed by atoms with van der Waals surface area (Å²) in [7, 11) is 6.62. The van der Waals surface area contributed by atoms with Crippen molar-refractivity contribution in [2.75, 3.05) is 28.4 Å². The SMILES string of the molecule is COc1ccc(C2C=CCc3cc(OC)c(OC)cc32)cc1OC. The molecule has 24 heavy (non-hydrogen) atoms. The minimum absolute atomic E-state index is 0.147. The van der Waals surface area contributed by atoms with E-state index in [0.29, 0.717) is 0 Å². The third-order valence-electron chi connectivity index (χ3n) is 4.41. The lowest BCUT2D eigenvalue weighted by Crippen LogP contribution is -2.08. The zero-order valence-electron chi connectivity index (χ0n) is 14.5. The average Bonchev–Trinajstić information content (AvgIpc) is 2.65. The van der Waals surface area contributed by atoms with Crippen molar-refractivity contribution >= 4 is 0 Å². The van der Waals surface area contributed by atoms with E-state index in [1.165, 1.54) is 11.1 Å². The maximum Gasteiger partial charge on any atom is 0.161 e. The molecule has 0 N–H and O–H groups in total. The highest BCUT2D eigenvalue weighted by molar-refractivity contribution is 5.55. The van der Waals surface area contributed by atoms with Crippen molar-refractivity contribution in [3.8, 4) is 23.0 Å². The number of rotatable bonds is 5. The minimum atomic E-state index is 0.147. The molecule has 1 atom stereocenters. The lowest BCUT2D eigenvalue weighted by atomic mass is 9.83. The Morgan fingerprint density at radius 2 is 1.38 bits per heavy atom. The molecule has 2 aromatic rings. The van der Waals surface area contributed by atoms with Crippen LogP contribution in [0.2, 0.25) is 0 Å². The van der Waals surface area contributed by atoms with E-state index in [-0.39, 0.29) is 5.92 Å². The van der Waals surface area contributed by atoms with Crippen LogP contribution < -0.4 is 18.9 Å². The molecule has 1 aliphatic carbocycles. The Labute approximate surface area is 142 Å². The molecular weight excluding hydrogens is 304 g/mol. The van der Waals surface area contributed by atoms with Gasteiger partial charge in [0.15, 0.2) is 23.0 Å². The standard InChI is InChI=1S/C20H22O4/c1-21-17-9-8-14(11-18(17)22-2)15-7-5-6-13-10-19(23-3)20(24-4)12-16(13)15/h5,7-12,15H,6H2,1-4H3. The van der Waals surface area contributed by atoms with Crippen molar-refractivity contribution in [3.63, 3.8) is 0 Å². The third-order valence-corrected chi connectivity index (χ3v) is 4.41. The highest BCUT2D eigenvalue weighted by Crippen LogP contribution is 2.41. The Kier molecular flexibility index (Phi) is 4.65. The van der Waals surface area contributed by atoms with E-state index in [2.05, 4.69) is 30.4 Å². The number of methoxy groups -OCH3 is 4. The summed E-state index contributed by atoms with van der Waals surface area (Å²) in [6.07, 6.45) is 5.30. The van der Waals surface area contributed by atoms with Gasteiger partial charge in [0.2, 0.25) is 0 Å². The molecule has 3 rings (SSSR count). The molecule has 0 bridgehead atoms. The van der Waals surface area contributed by atoms with Crippen LogP contribution in [0, 0.1) is 0 Å². The zero-order chi connectivity index (χ0) is 17.1. The molecule has 4 nitrogen and oxygen atoms in total. The van der Waals surface area contributed by atoms with Crippen LogP contribution in [-0.4, -0.2) is 28.4 Å². The largest absolute Gasteiger partial charge is 0.493 e. The monoisotopic (exact) mass is 326 g/mol. The highest BCUT2D eigenvalue weighted by atomic mass is 16.5. The van der Waals surface area contributed by atoms with E-state index in [1.54, 1.807) is 28.4 Å². The van der Waals surface area contributed by atoms with Gasteiger partial charge in [-0.05, 0) is 47.4 Å². The summed E-state index contributed by atoms with van der Waals surface area (Å²) in [6, 6.07) is 10.2. The first-order chi connectivity index (χ1) is 11.7. The molecule has 0 amide bonds. The number of benzene rings is 2. The van der Waals surface area contributed by atoms with Gasteiger partial charge in [0.25, 0.3) is 0 Å². The van der Waals surface area contributed by atoms with E-state index < -0.39 is 0 Å². The van der Waals surface area contributed by atoms with Gasteiger partial charge in [0.1, 0.15) is 0 Å². The van der Waals surface area contributed by atoms with Gasteiger partial charge >= 0.3 is 0 Å². The summed E-state index contributed by atoms with van der Waals surface area (Å²) in [5.74, 6) is 3.12. The van der Waals surface area contributed by atoms with Crippen molar-refractivity contribution in [3.05, 3.63) is 59.2 Å². The third kappa shape index (κ3) is 2.80. The quantitative estimate of drug-likeness (QED) is 0.779. The van der Waals surface area contributed by atoms with Crippen LogP contribution in [-0.2, 0) is 6.42 Å². The summed E-state index contributed by atoms with van der Waals surface area (Å²) in [5, 5.41) is 0. The molecule has 0 aromatic heterocycles. The summed E-state index contributed by atoms with van der Waals surface area (Å²) >= 11 is 0. The fourth-order valence-corrected chi connectivity index (χ4v) is 3.17. The number of fused-ring (bicyclic) bond motifs is 1. The van der Waals surface area contributed by atoms with Crippen molar-refractivity contribution in [2.45, 2.75) is 12.3 Å². The molecule has 1 aliphatic rings. The molecule has 0 aliphatic heterocycles. The number of allylic oxidation sites excluding steroid dienone is 2. The first kappa shape index (κ1) is 16.2. The van der Waals surface area contributed by atoms with Crippen LogP contribution in [0.25, 0.3) is 0 Å². The van der Waals surface area contributed by atoms with Gasteiger partial charge in [-0.2, -0.15) is 0 Å². The Bertz CT molecular complexity index is 764. The second kappa shape index (κ2) is 6.87. The van der Waals surface area contributed by atoms with Gasteiger partial charge in [-0.1, -0.05) is 18.2 Å². The maximum absolute atomic E-state index is 5.47. The summed E-state index contributed by atoms with van der Waals surface area (Å²) < 4.78 is 21.7. The lowest BCUT2D eigenvalue weighted by Gasteiger charge is -2.24. The molecule has 4 heteroatoms. The predicted molar refractivity (Wildman–Crippen MR) is 93.8 cm³/mol. The van der Waals surface area contributed by atoms with Crippen LogP contribution in [0.3, 0.4) is 0 Å². The van der Waals surface area contributed by atoms with Crippen LogP contribution in [0.4, 0.5) is 0 Å². The maximum atomic E-state index is 5.47. The van der Waals surface area contributed by atoms with Crippen molar-refractivity contribution in [2.24, 2.45) is 0 Å². The second-order valence-electron chi connectivity index (χ2n) is 5.63. The van der Waals surface area contributed by atoms with Crippen molar-refractivity contribution in [1.82, 2.24) is 0 Å². The fourth-order valence-electron chi connectivity index (χ4n) is 3.17. The number of hydrogen-bond donors (Lipinski definition) is 0. The van der Waals surface area contributed by atoms with Crippen molar-refractivity contribution in [1.29, 1.82) is 0 Å². The molecule has 0 heterocycles. The van der Waals surface area contributed by atoms with E-state index in [1.807, 2.05) is 12.1 Å². The Morgan fingerprint density at radius 3 is 2.04 bits per heavy atom. The summed E-state index contributed by atoms with van der Waals surface area (Å²) in [5.41, 5.74) is 3.62. The van der Waals surface area contributed by atoms with E-state index >= 15 is 0 Å². The van der Waals surface area contributed by atoms with Crippen LogP contribution in [0.5, 0.6) is 23.0 Å². The molecule has 1 unspecified atom stereocenters. The van der Waals surface area contributed by atoms with Crippen LogP contribution >= 0.6 is 0 Å². The van der Waals surface area contributed by atoms with Gasteiger partial charge in [0, 0.05) is 5.92 Å². The molecule has 2 aromatic carbocycles. The molecule has 0 saturated carbocycles. The molecule has 0 fully saturated rings. The Morgan fingerprint density at radius 1 is 0.750 bits per heavy atom.